The molecule has 0 amide bonds. The second kappa shape index (κ2) is 10.1. The molecule has 0 bridgehead atoms. The second-order valence-electron chi connectivity index (χ2n) is 9.84. The van der Waals surface area contributed by atoms with Crippen LogP contribution in [0, 0.1) is 0 Å². The Hall–Kier alpha value is -2.66. The van der Waals surface area contributed by atoms with E-state index >= 15 is 0 Å². The average molecular weight is 447 g/mol. The molecule has 1 N–H and O–H groups in total. The first-order valence-corrected chi connectivity index (χ1v) is 12.5. The summed E-state index contributed by atoms with van der Waals surface area (Å²) < 4.78 is 0. The maximum atomic E-state index is 13.0. The molecule has 33 heavy (non-hydrogen) atoms. The molecular weight excluding hydrogens is 408 g/mol. The molecule has 1 aromatic heterocycles. The van der Waals surface area contributed by atoms with Gasteiger partial charge in [-0.15, -0.1) is 0 Å². The summed E-state index contributed by atoms with van der Waals surface area (Å²) in [5.41, 5.74) is 5.25. The van der Waals surface area contributed by atoms with Crippen molar-refractivity contribution < 1.29 is 0 Å². The van der Waals surface area contributed by atoms with Gasteiger partial charge in [-0.3, -0.25) is 9.69 Å². The average Bonchev–Trinajstić information content (AvgIpc) is 2.80. The molecule has 1 fully saturated rings. The Morgan fingerprint density at radius 3 is 2.55 bits per heavy atom. The van der Waals surface area contributed by atoms with Gasteiger partial charge >= 0.3 is 0 Å². The Morgan fingerprint density at radius 1 is 1.12 bits per heavy atom. The van der Waals surface area contributed by atoms with Gasteiger partial charge in [-0.1, -0.05) is 50.5 Å². The van der Waals surface area contributed by atoms with Crippen LogP contribution in [0.15, 0.2) is 47.3 Å². The van der Waals surface area contributed by atoms with Crippen molar-refractivity contribution in [1.29, 1.82) is 0 Å². The van der Waals surface area contributed by atoms with Crippen LogP contribution in [0.5, 0.6) is 0 Å². The summed E-state index contributed by atoms with van der Waals surface area (Å²) in [5.74, 6) is 0. The van der Waals surface area contributed by atoms with Gasteiger partial charge < -0.3 is 9.88 Å². The molecule has 0 radical (unpaired) electrons. The number of H-pyrrole nitrogens is 1. The second-order valence-corrected chi connectivity index (χ2v) is 9.84. The highest BCUT2D eigenvalue weighted by Gasteiger charge is 2.32. The monoisotopic (exact) mass is 446 g/mol. The number of piperidine rings is 1. The summed E-state index contributed by atoms with van der Waals surface area (Å²) in [6.07, 6.45) is 7.24. The summed E-state index contributed by atoms with van der Waals surface area (Å²) in [6.45, 7) is 7.00. The van der Waals surface area contributed by atoms with Crippen LogP contribution in [0.3, 0.4) is 0 Å². The van der Waals surface area contributed by atoms with Crippen molar-refractivity contribution in [2.24, 2.45) is 0 Å². The lowest BCUT2D eigenvalue weighted by molar-refractivity contribution is 0.0495. The third-order valence-corrected chi connectivity index (χ3v) is 7.20. The van der Waals surface area contributed by atoms with E-state index in [9.17, 15) is 4.79 Å². The Bertz CT molecular complexity index is 1140. The number of nitrogens with one attached hydrogen (secondary N) is 1. The zero-order chi connectivity index (χ0) is 23.5. The Labute approximate surface area is 197 Å². The lowest BCUT2D eigenvalue weighted by Gasteiger charge is -2.44. The molecule has 5 nitrogen and oxygen atoms in total. The van der Waals surface area contributed by atoms with Crippen LogP contribution in [0.4, 0.5) is 5.69 Å². The number of aromatic amines is 1. The van der Waals surface area contributed by atoms with Crippen LogP contribution in [0.2, 0.25) is 0 Å². The molecule has 0 spiro atoms. The van der Waals surface area contributed by atoms with Crippen LogP contribution < -0.4 is 10.5 Å². The molecule has 1 aliphatic heterocycles. The highest BCUT2D eigenvalue weighted by molar-refractivity contribution is 5.81. The Kier molecular flexibility index (Phi) is 7.18. The first-order valence-electron chi connectivity index (χ1n) is 12.5. The van der Waals surface area contributed by atoms with Gasteiger partial charge in [-0.05, 0) is 56.9 Å². The highest BCUT2D eigenvalue weighted by atomic mass is 16.1. The summed E-state index contributed by atoms with van der Waals surface area (Å²) in [4.78, 5) is 26.0. The molecule has 3 atom stereocenters. The number of benzene rings is 2. The molecule has 4 rings (SSSR count). The molecule has 0 saturated carbocycles. The number of likely N-dealkylation sites (tertiary alicyclic amines) is 1. The predicted molar refractivity (Wildman–Crippen MR) is 139 cm³/mol. The minimum absolute atomic E-state index is 0.139. The standard InChI is InChI=1S/C28H38N4O/c1-6-7-17-25(32-19(2)11-8-12-20(32)3)23-15-10-16-24-27(23)30-26(28(33)29-24)21-13-9-14-22(18-21)31(4)5/h9-10,13-16,18-20,25H,6-8,11-12,17H2,1-5H3,(H,29,33). The molecule has 2 aromatic carbocycles. The normalized spacial score (nSPS) is 20.2. The maximum absolute atomic E-state index is 13.0. The third kappa shape index (κ3) is 4.84. The van der Waals surface area contributed by atoms with Crippen molar-refractivity contribution in [3.8, 4) is 11.3 Å². The summed E-state index contributed by atoms with van der Waals surface area (Å²) in [6, 6.07) is 15.7. The summed E-state index contributed by atoms with van der Waals surface area (Å²) >= 11 is 0. The quantitative estimate of drug-likeness (QED) is 0.473. The van der Waals surface area contributed by atoms with Crippen molar-refractivity contribution in [3.05, 3.63) is 58.4 Å². The van der Waals surface area contributed by atoms with E-state index in [1.165, 1.54) is 37.7 Å². The number of nitrogens with zero attached hydrogens (tertiary/aromatic N) is 3. The molecule has 5 heteroatoms. The first-order chi connectivity index (χ1) is 15.9. The Balaban J connectivity index is 1.87. The fraction of sp³-hybridized carbons (Fsp3) is 0.500. The van der Waals surface area contributed by atoms with E-state index in [0.29, 0.717) is 23.8 Å². The fourth-order valence-corrected chi connectivity index (χ4v) is 5.45. The van der Waals surface area contributed by atoms with E-state index in [2.05, 4.69) is 42.8 Å². The first kappa shape index (κ1) is 23.5. The summed E-state index contributed by atoms with van der Waals surface area (Å²) in [5, 5.41) is 0. The minimum Gasteiger partial charge on any atom is -0.378 e. The van der Waals surface area contributed by atoms with E-state index in [-0.39, 0.29) is 5.56 Å². The number of fused-ring (bicyclic) bond motifs is 1. The summed E-state index contributed by atoms with van der Waals surface area (Å²) in [7, 11) is 4.02. The van der Waals surface area contributed by atoms with E-state index in [4.69, 9.17) is 4.98 Å². The molecule has 1 aliphatic rings. The van der Waals surface area contributed by atoms with E-state index in [1.807, 2.05) is 49.3 Å². The predicted octanol–water partition coefficient (Wildman–Crippen LogP) is 6.15. The number of hydrogen-bond acceptors (Lipinski definition) is 4. The van der Waals surface area contributed by atoms with Crippen LogP contribution in [-0.2, 0) is 0 Å². The lowest BCUT2D eigenvalue weighted by Crippen LogP contribution is -2.46. The van der Waals surface area contributed by atoms with E-state index in [1.54, 1.807) is 0 Å². The van der Waals surface area contributed by atoms with Crippen molar-refractivity contribution in [1.82, 2.24) is 14.9 Å². The van der Waals surface area contributed by atoms with Gasteiger partial charge in [0.1, 0.15) is 5.69 Å². The number of rotatable bonds is 7. The zero-order valence-electron chi connectivity index (χ0n) is 20.8. The topological polar surface area (TPSA) is 52.2 Å². The Morgan fingerprint density at radius 2 is 1.85 bits per heavy atom. The van der Waals surface area contributed by atoms with Crippen molar-refractivity contribution >= 4 is 16.7 Å². The van der Waals surface area contributed by atoms with Gasteiger partial charge in [-0.25, -0.2) is 4.98 Å². The molecule has 176 valence electrons. The molecule has 2 heterocycles. The van der Waals surface area contributed by atoms with Gasteiger partial charge in [-0.2, -0.15) is 0 Å². The molecule has 3 unspecified atom stereocenters. The van der Waals surface area contributed by atoms with Crippen molar-refractivity contribution in [3.63, 3.8) is 0 Å². The van der Waals surface area contributed by atoms with Crippen LogP contribution in [0.25, 0.3) is 22.3 Å². The number of aromatic nitrogens is 2. The van der Waals surface area contributed by atoms with Gasteiger partial charge in [0.25, 0.3) is 5.56 Å². The molecule has 1 saturated heterocycles. The largest absolute Gasteiger partial charge is 0.378 e. The molecule has 0 aliphatic carbocycles. The minimum atomic E-state index is -0.139. The highest BCUT2D eigenvalue weighted by Crippen LogP contribution is 2.38. The molecule has 3 aromatic rings. The number of para-hydroxylation sites is 1. The van der Waals surface area contributed by atoms with Gasteiger partial charge in [0.05, 0.1) is 11.0 Å². The zero-order valence-corrected chi connectivity index (χ0v) is 20.8. The molecular formula is C28H38N4O. The van der Waals surface area contributed by atoms with E-state index < -0.39 is 0 Å². The third-order valence-electron chi connectivity index (χ3n) is 7.20. The van der Waals surface area contributed by atoms with Gasteiger partial charge in [0, 0.05) is 43.5 Å². The number of unbranched alkanes of at least 4 members (excludes halogenated alkanes) is 1. The van der Waals surface area contributed by atoms with Gasteiger partial charge in [0.15, 0.2) is 0 Å². The van der Waals surface area contributed by atoms with Crippen LogP contribution in [0.1, 0.15) is 70.9 Å². The van der Waals surface area contributed by atoms with Crippen molar-refractivity contribution in [2.45, 2.75) is 77.4 Å². The van der Waals surface area contributed by atoms with Crippen molar-refractivity contribution in [2.75, 3.05) is 19.0 Å². The van der Waals surface area contributed by atoms with E-state index in [0.717, 1.165) is 28.7 Å². The smallest absolute Gasteiger partial charge is 0.274 e. The maximum Gasteiger partial charge on any atom is 0.274 e. The number of hydrogen-bond donors (Lipinski definition) is 1. The number of anilines is 1. The lowest BCUT2D eigenvalue weighted by atomic mass is 9.89. The fourth-order valence-electron chi connectivity index (χ4n) is 5.45. The van der Waals surface area contributed by atoms with Gasteiger partial charge in [0.2, 0.25) is 0 Å². The van der Waals surface area contributed by atoms with Crippen LogP contribution >= 0.6 is 0 Å². The van der Waals surface area contributed by atoms with Crippen LogP contribution in [-0.4, -0.2) is 41.0 Å². The SMILES string of the molecule is CCCCC(c1cccc2[nH]c(=O)c(-c3cccc(N(C)C)c3)nc12)N1C(C)CCCC1C.